The molecule has 0 atom stereocenters. The van der Waals surface area contributed by atoms with Gasteiger partial charge in [-0.1, -0.05) is 23.9 Å². The van der Waals surface area contributed by atoms with Crippen molar-refractivity contribution in [3.8, 4) is 11.5 Å². The lowest BCUT2D eigenvalue weighted by atomic mass is 10.1. The summed E-state index contributed by atoms with van der Waals surface area (Å²) in [5.74, 6) is 0.537. The first-order chi connectivity index (χ1) is 7.33. The molecule has 0 aliphatic rings. The summed E-state index contributed by atoms with van der Waals surface area (Å²) in [5.41, 5.74) is 7.52. The standard InChI is InChI=1S/C10H11N3OS/c1-15-10-13-12-9(14-10)8-4-2-3-7(5-8)6-11/h2-5H,6,11H2,1H3. The van der Waals surface area contributed by atoms with E-state index in [1.54, 1.807) is 0 Å². The number of nitrogens with zero attached hydrogens (tertiary/aromatic N) is 2. The Kier molecular flexibility index (Phi) is 3.03. The molecule has 0 unspecified atom stereocenters. The molecular formula is C10H11N3OS. The van der Waals surface area contributed by atoms with Crippen LogP contribution in [-0.4, -0.2) is 16.5 Å². The van der Waals surface area contributed by atoms with Gasteiger partial charge in [-0.25, -0.2) is 0 Å². The Morgan fingerprint density at radius 1 is 1.40 bits per heavy atom. The molecule has 5 heteroatoms. The normalized spacial score (nSPS) is 10.5. The molecule has 0 saturated heterocycles. The van der Waals surface area contributed by atoms with E-state index in [4.69, 9.17) is 10.2 Å². The van der Waals surface area contributed by atoms with Crippen molar-refractivity contribution in [2.24, 2.45) is 5.73 Å². The highest BCUT2D eigenvalue weighted by Gasteiger charge is 2.07. The summed E-state index contributed by atoms with van der Waals surface area (Å²) in [4.78, 5) is 0. The molecule has 0 aliphatic carbocycles. The van der Waals surface area contributed by atoms with E-state index in [0.717, 1.165) is 11.1 Å². The van der Waals surface area contributed by atoms with E-state index in [0.29, 0.717) is 17.7 Å². The number of thioether (sulfide) groups is 1. The molecule has 0 fully saturated rings. The Morgan fingerprint density at radius 2 is 2.27 bits per heavy atom. The van der Waals surface area contributed by atoms with Gasteiger partial charge in [-0.3, -0.25) is 0 Å². The first kappa shape index (κ1) is 10.2. The average molecular weight is 221 g/mol. The van der Waals surface area contributed by atoms with E-state index in [-0.39, 0.29) is 0 Å². The van der Waals surface area contributed by atoms with Crippen molar-refractivity contribution in [3.05, 3.63) is 29.8 Å². The quantitative estimate of drug-likeness (QED) is 0.802. The Hall–Kier alpha value is -1.33. The Bertz CT molecular complexity index is 455. The Morgan fingerprint density at radius 3 is 2.93 bits per heavy atom. The van der Waals surface area contributed by atoms with Gasteiger partial charge in [0, 0.05) is 12.1 Å². The topological polar surface area (TPSA) is 64.9 Å². The van der Waals surface area contributed by atoms with Gasteiger partial charge in [0.1, 0.15) is 0 Å². The highest BCUT2D eigenvalue weighted by atomic mass is 32.2. The van der Waals surface area contributed by atoms with Crippen LogP contribution >= 0.6 is 11.8 Å². The van der Waals surface area contributed by atoms with Gasteiger partial charge in [0.15, 0.2) is 0 Å². The third-order valence-electron chi connectivity index (χ3n) is 1.99. The Labute approximate surface area is 91.9 Å². The first-order valence-corrected chi connectivity index (χ1v) is 5.73. The fraction of sp³-hybridized carbons (Fsp3) is 0.200. The number of nitrogens with two attached hydrogens (primary N) is 1. The fourth-order valence-electron chi connectivity index (χ4n) is 1.24. The molecule has 2 N–H and O–H groups in total. The van der Waals surface area contributed by atoms with Crippen LogP contribution in [0.3, 0.4) is 0 Å². The predicted octanol–water partition coefficient (Wildman–Crippen LogP) is 1.92. The highest BCUT2D eigenvalue weighted by molar-refractivity contribution is 7.98. The zero-order valence-corrected chi connectivity index (χ0v) is 9.12. The average Bonchev–Trinajstić information content (AvgIpc) is 2.78. The maximum atomic E-state index is 5.56. The van der Waals surface area contributed by atoms with Gasteiger partial charge in [-0.2, -0.15) is 0 Å². The molecule has 0 radical (unpaired) electrons. The molecule has 1 aromatic carbocycles. The highest BCUT2D eigenvalue weighted by Crippen LogP contribution is 2.22. The minimum Gasteiger partial charge on any atom is -0.411 e. The van der Waals surface area contributed by atoms with Crippen LogP contribution < -0.4 is 5.73 Å². The number of hydrogen-bond acceptors (Lipinski definition) is 5. The third kappa shape index (κ3) is 2.19. The fourth-order valence-corrected chi connectivity index (χ4v) is 1.52. The lowest BCUT2D eigenvalue weighted by molar-refractivity contribution is 0.466. The van der Waals surface area contributed by atoms with Gasteiger partial charge in [-0.15, -0.1) is 10.2 Å². The SMILES string of the molecule is CSc1nnc(-c2cccc(CN)c2)o1. The molecule has 4 nitrogen and oxygen atoms in total. The molecule has 78 valence electrons. The summed E-state index contributed by atoms with van der Waals surface area (Å²) < 4.78 is 5.42. The van der Waals surface area contributed by atoms with E-state index in [9.17, 15) is 0 Å². The minimum absolute atomic E-state index is 0.511. The minimum atomic E-state index is 0.511. The zero-order chi connectivity index (χ0) is 10.7. The molecule has 1 aromatic heterocycles. The van der Waals surface area contributed by atoms with E-state index in [1.165, 1.54) is 11.8 Å². The summed E-state index contributed by atoms with van der Waals surface area (Å²) in [6.45, 7) is 0.511. The molecule has 2 rings (SSSR count). The zero-order valence-electron chi connectivity index (χ0n) is 8.30. The second-order valence-electron chi connectivity index (χ2n) is 2.98. The summed E-state index contributed by atoms with van der Waals surface area (Å²) in [6.07, 6.45) is 1.90. The van der Waals surface area contributed by atoms with Crippen LogP contribution in [0, 0.1) is 0 Å². The van der Waals surface area contributed by atoms with E-state index >= 15 is 0 Å². The van der Waals surface area contributed by atoms with E-state index < -0.39 is 0 Å². The molecule has 2 aromatic rings. The van der Waals surface area contributed by atoms with E-state index in [1.807, 2.05) is 30.5 Å². The molecule has 0 bridgehead atoms. The second-order valence-corrected chi connectivity index (χ2v) is 3.74. The lowest BCUT2D eigenvalue weighted by Crippen LogP contribution is -1.95. The Balaban J connectivity index is 2.35. The van der Waals surface area contributed by atoms with Gasteiger partial charge in [0.2, 0.25) is 5.89 Å². The van der Waals surface area contributed by atoms with Crippen molar-refractivity contribution in [3.63, 3.8) is 0 Å². The first-order valence-electron chi connectivity index (χ1n) is 4.50. The van der Waals surface area contributed by atoms with Gasteiger partial charge >= 0.3 is 0 Å². The maximum absolute atomic E-state index is 5.56. The lowest BCUT2D eigenvalue weighted by Gasteiger charge is -1.98. The summed E-state index contributed by atoms with van der Waals surface area (Å²) >= 11 is 1.43. The maximum Gasteiger partial charge on any atom is 0.276 e. The summed E-state index contributed by atoms with van der Waals surface area (Å²) in [7, 11) is 0. The van der Waals surface area contributed by atoms with Crippen LogP contribution in [0.25, 0.3) is 11.5 Å². The summed E-state index contributed by atoms with van der Waals surface area (Å²) in [6, 6.07) is 7.78. The molecule has 0 amide bonds. The van der Waals surface area contributed by atoms with Crippen molar-refractivity contribution in [2.75, 3.05) is 6.26 Å². The van der Waals surface area contributed by atoms with Crippen LogP contribution in [0.15, 0.2) is 33.9 Å². The second kappa shape index (κ2) is 4.46. The van der Waals surface area contributed by atoms with Crippen LogP contribution in [0.4, 0.5) is 0 Å². The molecular weight excluding hydrogens is 210 g/mol. The molecule has 15 heavy (non-hydrogen) atoms. The van der Waals surface area contributed by atoms with Crippen molar-refractivity contribution in [2.45, 2.75) is 11.8 Å². The molecule has 0 saturated carbocycles. The van der Waals surface area contributed by atoms with Crippen molar-refractivity contribution in [1.29, 1.82) is 0 Å². The van der Waals surface area contributed by atoms with Gasteiger partial charge in [0.25, 0.3) is 5.22 Å². The van der Waals surface area contributed by atoms with Gasteiger partial charge < -0.3 is 10.2 Å². The van der Waals surface area contributed by atoms with Crippen molar-refractivity contribution in [1.82, 2.24) is 10.2 Å². The van der Waals surface area contributed by atoms with Crippen LogP contribution in [0.2, 0.25) is 0 Å². The smallest absolute Gasteiger partial charge is 0.276 e. The number of aromatic nitrogens is 2. The largest absolute Gasteiger partial charge is 0.411 e. The predicted molar refractivity (Wildman–Crippen MR) is 59.4 cm³/mol. The van der Waals surface area contributed by atoms with Crippen molar-refractivity contribution < 1.29 is 4.42 Å². The molecule has 0 aliphatic heterocycles. The molecule has 0 spiro atoms. The number of rotatable bonds is 3. The number of hydrogen-bond donors (Lipinski definition) is 1. The molecule has 1 heterocycles. The van der Waals surface area contributed by atoms with Crippen LogP contribution in [-0.2, 0) is 6.54 Å². The van der Waals surface area contributed by atoms with Gasteiger partial charge in [0.05, 0.1) is 0 Å². The third-order valence-corrected chi connectivity index (χ3v) is 2.50. The summed E-state index contributed by atoms with van der Waals surface area (Å²) in [5, 5.41) is 8.41. The van der Waals surface area contributed by atoms with Crippen LogP contribution in [0.1, 0.15) is 5.56 Å². The van der Waals surface area contributed by atoms with Crippen molar-refractivity contribution >= 4 is 11.8 Å². The van der Waals surface area contributed by atoms with Gasteiger partial charge in [-0.05, 0) is 24.0 Å². The number of benzene rings is 1. The monoisotopic (exact) mass is 221 g/mol. The van der Waals surface area contributed by atoms with E-state index in [2.05, 4.69) is 10.2 Å². The van der Waals surface area contributed by atoms with Crippen LogP contribution in [0.5, 0.6) is 0 Å².